The van der Waals surface area contributed by atoms with Crippen molar-refractivity contribution < 1.29 is 22.8 Å². The van der Waals surface area contributed by atoms with Gasteiger partial charge in [0, 0.05) is 5.69 Å². The van der Waals surface area contributed by atoms with E-state index in [2.05, 4.69) is 10.6 Å². The molecule has 0 spiro atoms. The molecule has 0 saturated heterocycles. The molecule has 2 amide bonds. The van der Waals surface area contributed by atoms with Crippen molar-refractivity contribution in [2.45, 2.75) is 19.1 Å². The SMILES string of the molecule is C[C@H](C(=O)Nc1ccccc1)N(C)CC(=O)Nc1ccccc1C(F)(F)F. The maximum atomic E-state index is 13.0. The van der Waals surface area contributed by atoms with Gasteiger partial charge in [-0.15, -0.1) is 0 Å². The molecule has 5 nitrogen and oxygen atoms in total. The van der Waals surface area contributed by atoms with Crippen LogP contribution in [0.5, 0.6) is 0 Å². The van der Waals surface area contributed by atoms with Crippen molar-refractivity contribution in [3.05, 3.63) is 60.2 Å². The highest BCUT2D eigenvalue weighted by atomic mass is 19.4. The van der Waals surface area contributed by atoms with E-state index in [9.17, 15) is 22.8 Å². The molecule has 0 radical (unpaired) electrons. The van der Waals surface area contributed by atoms with Crippen LogP contribution in [-0.4, -0.2) is 36.3 Å². The number of anilines is 2. The number of nitrogens with one attached hydrogen (secondary N) is 2. The summed E-state index contributed by atoms with van der Waals surface area (Å²) < 4.78 is 39.0. The lowest BCUT2D eigenvalue weighted by Crippen LogP contribution is -2.43. The Morgan fingerprint density at radius 2 is 1.59 bits per heavy atom. The molecule has 2 aromatic rings. The summed E-state index contributed by atoms with van der Waals surface area (Å²) in [6, 6.07) is 12.9. The van der Waals surface area contributed by atoms with Gasteiger partial charge in [-0.05, 0) is 38.2 Å². The summed E-state index contributed by atoms with van der Waals surface area (Å²) in [5.41, 5.74) is -0.619. The van der Waals surface area contributed by atoms with E-state index in [1.54, 1.807) is 38.2 Å². The summed E-state index contributed by atoms with van der Waals surface area (Å²) in [5.74, 6) is -0.972. The predicted octanol–water partition coefficient (Wildman–Crippen LogP) is 3.60. The Balaban J connectivity index is 1.96. The van der Waals surface area contributed by atoms with Crippen LogP contribution in [0.15, 0.2) is 54.6 Å². The van der Waals surface area contributed by atoms with Crippen LogP contribution in [-0.2, 0) is 15.8 Å². The number of para-hydroxylation sites is 2. The number of halogens is 3. The van der Waals surface area contributed by atoms with Crippen LogP contribution >= 0.6 is 0 Å². The Bertz CT molecular complexity index is 794. The van der Waals surface area contributed by atoms with Gasteiger partial charge in [0.25, 0.3) is 0 Å². The molecule has 0 unspecified atom stereocenters. The van der Waals surface area contributed by atoms with Gasteiger partial charge in [-0.3, -0.25) is 14.5 Å². The molecular formula is C19H20F3N3O2. The number of hydrogen-bond acceptors (Lipinski definition) is 3. The normalized spacial score (nSPS) is 12.5. The molecule has 1 atom stereocenters. The third kappa shape index (κ3) is 5.82. The minimum absolute atomic E-state index is 0.241. The topological polar surface area (TPSA) is 61.4 Å². The van der Waals surface area contributed by atoms with Crippen molar-refractivity contribution in [2.24, 2.45) is 0 Å². The van der Waals surface area contributed by atoms with Crippen LogP contribution in [0, 0.1) is 0 Å². The van der Waals surface area contributed by atoms with E-state index in [0.29, 0.717) is 5.69 Å². The predicted molar refractivity (Wildman–Crippen MR) is 97.2 cm³/mol. The van der Waals surface area contributed by atoms with Gasteiger partial charge < -0.3 is 10.6 Å². The van der Waals surface area contributed by atoms with Crippen LogP contribution in [0.3, 0.4) is 0 Å². The zero-order valence-electron chi connectivity index (χ0n) is 14.9. The zero-order valence-corrected chi connectivity index (χ0v) is 14.9. The second-order valence-corrected chi connectivity index (χ2v) is 6.04. The molecule has 8 heteroatoms. The Kier molecular flexibility index (Phi) is 6.57. The minimum Gasteiger partial charge on any atom is -0.325 e. The summed E-state index contributed by atoms with van der Waals surface area (Å²) in [6.07, 6.45) is -4.57. The highest BCUT2D eigenvalue weighted by Gasteiger charge is 2.33. The maximum absolute atomic E-state index is 13.0. The largest absolute Gasteiger partial charge is 0.418 e. The quantitative estimate of drug-likeness (QED) is 0.806. The van der Waals surface area contributed by atoms with Gasteiger partial charge in [0.2, 0.25) is 11.8 Å². The Hall–Kier alpha value is -2.87. The third-order valence-electron chi connectivity index (χ3n) is 3.98. The van der Waals surface area contributed by atoms with Crippen molar-refractivity contribution in [3.8, 4) is 0 Å². The third-order valence-corrected chi connectivity index (χ3v) is 3.98. The first-order chi connectivity index (χ1) is 12.7. The molecule has 0 aliphatic carbocycles. The Morgan fingerprint density at radius 3 is 2.22 bits per heavy atom. The lowest BCUT2D eigenvalue weighted by Gasteiger charge is -2.23. The summed E-state index contributed by atoms with van der Waals surface area (Å²) in [6.45, 7) is 1.37. The van der Waals surface area contributed by atoms with Crippen molar-refractivity contribution >= 4 is 23.2 Å². The lowest BCUT2D eigenvalue weighted by molar-refractivity contribution is -0.137. The number of carbonyl (C=O) groups excluding carboxylic acids is 2. The number of benzene rings is 2. The molecule has 0 saturated carbocycles. The molecule has 144 valence electrons. The van der Waals surface area contributed by atoms with E-state index >= 15 is 0 Å². The molecule has 0 aromatic heterocycles. The highest BCUT2D eigenvalue weighted by Crippen LogP contribution is 2.34. The smallest absolute Gasteiger partial charge is 0.325 e. The standard InChI is InChI=1S/C19H20F3N3O2/c1-13(18(27)23-14-8-4-3-5-9-14)25(2)12-17(26)24-16-11-7-6-10-15(16)19(20,21)22/h3-11,13H,12H2,1-2H3,(H,23,27)(H,24,26)/t13-/m1/s1. The molecule has 0 aliphatic heterocycles. The second kappa shape index (κ2) is 8.68. The molecule has 27 heavy (non-hydrogen) atoms. The molecule has 0 fully saturated rings. The summed E-state index contributed by atoms with van der Waals surface area (Å²) in [5, 5.41) is 4.97. The molecular weight excluding hydrogens is 359 g/mol. The van der Waals surface area contributed by atoms with E-state index < -0.39 is 23.7 Å². The maximum Gasteiger partial charge on any atom is 0.418 e. The van der Waals surface area contributed by atoms with Gasteiger partial charge in [-0.1, -0.05) is 30.3 Å². The van der Waals surface area contributed by atoms with Gasteiger partial charge in [0.05, 0.1) is 23.8 Å². The zero-order chi connectivity index (χ0) is 20.0. The molecule has 2 N–H and O–H groups in total. The van der Waals surface area contributed by atoms with E-state index in [0.717, 1.165) is 6.07 Å². The summed E-state index contributed by atoms with van der Waals surface area (Å²) in [7, 11) is 1.55. The van der Waals surface area contributed by atoms with E-state index in [1.807, 2.05) is 6.07 Å². The van der Waals surface area contributed by atoms with Crippen LogP contribution in [0.25, 0.3) is 0 Å². The minimum atomic E-state index is -4.57. The first-order valence-corrected chi connectivity index (χ1v) is 8.20. The fourth-order valence-electron chi connectivity index (χ4n) is 2.36. The number of likely N-dealkylation sites (N-methyl/N-ethyl adjacent to an activating group) is 1. The molecule has 0 bridgehead atoms. The first-order valence-electron chi connectivity index (χ1n) is 8.20. The van der Waals surface area contributed by atoms with E-state index in [4.69, 9.17) is 0 Å². The Morgan fingerprint density at radius 1 is 1.00 bits per heavy atom. The van der Waals surface area contributed by atoms with E-state index in [-0.39, 0.29) is 18.1 Å². The number of alkyl halides is 3. The van der Waals surface area contributed by atoms with Gasteiger partial charge >= 0.3 is 6.18 Å². The average molecular weight is 379 g/mol. The molecule has 0 heterocycles. The monoisotopic (exact) mass is 379 g/mol. The fourth-order valence-corrected chi connectivity index (χ4v) is 2.36. The van der Waals surface area contributed by atoms with Crippen LogP contribution in [0.4, 0.5) is 24.5 Å². The Labute approximate surface area is 155 Å². The number of carbonyl (C=O) groups is 2. The van der Waals surface area contributed by atoms with Crippen molar-refractivity contribution in [2.75, 3.05) is 24.2 Å². The second-order valence-electron chi connectivity index (χ2n) is 6.04. The van der Waals surface area contributed by atoms with Crippen molar-refractivity contribution in [3.63, 3.8) is 0 Å². The van der Waals surface area contributed by atoms with Crippen molar-refractivity contribution in [1.29, 1.82) is 0 Å². The van der Waals surface area contributed by atoms with Gasteiger partial charge in [-0.25, -0.2) is 0 Å². The molecule has 0 aliphatic rings. The van der Waals surface area contributed by atoms with Crippen LogP contribution in [0.1, 0.15) is 12.5 Å². The number of rotatable bonds is 6. The number of amides is 2. The van der Waals surface area contributed by atoms with Crippen molar-refractivity contribution in [1.82, 2.24) is 4.90 Å². The van der Waals surface area contributed by atoms with Crippen LogP contribution in [0.2, 0.25) is 0 Å². The van der Waals surface area contributed by atoms with Gasteiger partial charge in [0.15, 0.2) is 0 Å². The number of hydrogen-bond donors (Lipinski definition) is 2. The van der Waals surface area contributed by atoms with E-state index in [1.165, 1.54) is 23.1 Å². The fraction of sp³-hybridized carbons (Fsp3) is 0.263. The molecule has 2 rings (SSSR count). The number of nitrogens with zero attached hydrogens (tertiary/aromatic N) is 1. The lowest BCUT2D eigenvalue weighted by atomic mass is 10.1. The summed E-state index contributed by atoms with van der Waals surface area (Å²) in [4.78, 5) is 25.8. The molecule has 2 aromatic carbocycles. The van der Waals surface area contributed by atoms with Gasteiger partial charge in [0.1, 0.15) is 0 Å². The highest BCUT2D eigenvalue weighted by molar-refractivity contribution is 5.96. The van der Waals surface area contributed by atoms with Gasteiger partial charge in [-0.2, -0.15) is 13.2 Å². The summed E-state index contributed by atoms with van der Waals surface area (Å²) >= 11 is 0. The first kappa shape index (κ1) is 20.4. The van der Waals surface area contributed by atoms with Crippen LogP contribution < -0.4 is 10.6 Å². The average Bonchev–Trinajstić information content (AvgIpc) is 2.61.